The Morgan fingerprint density at radius 1 is 1.17 bits per heavy atom. The number of benzene rings is 1. The van der Waals surface area contributed by atoms with Crippen molar-refractivity contribution in [2.24, 2.45) is 0 Å². The van der Waals surface area contributed by atoms with Gasteiger partial charge < -0.3 is 14.5 Å². The number of ether oxygens (including phenoxy) is 1. The van der Waals surface area contributed by atoms with Crippen molar-refractivity contribution in [1.29, 1.82) is 0 Å². The third kappa shape index (κ3) is 2.78. The molecule has 1 aliphatic rings. The Morgan fingerprint density at radius 2 is 1.89 bits per heavy atom. The molecular weight excluding hydrogens is 224 g/mol. The highest BCUT2D eigenvalue weighted by Gasteiger charge is 2.23. The first-order valence-corrected chi connectivity index (χ1v) is 6.32. The standard InChI is InChI=1S/C15H22N2O/c1-15(2,3)17-10-9-16(12-17)11-13-7-5-6-8-14(13)18-4/h5-10H,11-12H2,1-4H3. The maximum absolute atomic E-state index is 5.39. The Morgan fingerprint density at radius 3 is 2.50 bits per heavy atom. The van der Waals surface area contributed by atoms with Crippen molar-refractivity contribution >= 4 is 0 Å². The van der Waals surface area contributed by atoms with E-state index in [1.807, 2.05) is 12.1 Å². The van der Waals surface area contributed by atoms with Gasteiger partial charge in [-0.25, -0.2) is 0 Å². The topological polar surface area (TPSA) is 15.7 Å². The second-order valence-electron chi connectivity index (χ2n) is 5.64. The molecule has 0 aromatic heterocycles. The van der Waals surface area contributed by atoms with E-state index in [0.29, 0.717) is 0 Å². The fourth-order valence-electron chi connectivity index (χ4n) is 2.06. The van der Waals surface area contributed by atoms with E-state index in [1.165, 1.54) is 5.56 Å². The molecule has 0 saturated heterocycles. The van der Waals surface area contributed by atoms with E-state index in [4.69, 9.17) is 4.74 Å². The molecule has 1 aromatic carbocycles. The molecule has 0 bridgehead atoms. The second kappa shape index (κ2) is 4.92. The molecule has 0 atom stereocenters. The molecule has 2 rings (SSSR count). The van der Waals surface area contributed by atoms with Crippen LogP contribution in [0.15, 0.2) is 36.7 Å². The van der Waals surface area contributed by atoms with Crippen LogP contribution in [-0.2, 0) is 6.54 Å². The van der Waals surface area contributed by atoms with Gasteiger partial charge >= 0.3 is 0 Å². The van der Waals surface area contributed by atoms with Crippen LogP contribution < -0.4 is 4.74 Å². The Bertz CT molecular complexity index is 434. The summed E-state index contributed by atoms with van der Waals surface area (Å²) in [6.07, 6.45) is 4.31. The predicted molar refractivity (Wildman–Crippen MR) is 74.1 cm³/mol. The van der Waals surface area contributed by atoms with Gasteiger partial charge in [-0.15, -0.1) is 0 Å². The van der Waals surface area contributed by atoms with Gasteiger partial charge in [0.1, 0.15) is 5.75 Å². The first-order chi connectivity index (χ1) is 8.50. The van der Waals surface area contributed by atoms with Crippen LogP contribution in [0.4, 0.5) is 0 Å². The zero-order valence-electron chi connectivity index (χ0n) is 11.7. The van der Waals surface area contributed by atoms with Crippen LogP contribution in [0.25, 0.3) is 0 Å². The third-order valence-electron chi connectivity index (χ3n) is 3.22. The maximum atomic E-state index is 5.39. The first kappa shape index (κ1) is 12.8. The summed E-state index contributed by atoms with van der Waals surface area (Å²) in [5.74, 6) is 0.958. The second-order valence-corrected chi connectivity index (χ2v) is 5.64. The Balaban J connectivity index is 2.02. The van der Waals surface area contributed by atoms with Crippen molar-refractivity contribution in [3.8, 4) is 5.75 Å². The predicted octanol–water partition coefficient (Wildman–Crippen LogP) is 3.04. The molecule has 3 heteroatoms. The summed E-state index contributed by atoms with van der Waals surface area (Å²) in [4.78, 5) is 4.63. The van der Waals surface area contributed by atoms with Crippen molar-refractivity contribution < 1.29 is 4.74 Å². The van der Waals surface area contributed by atoms with Crippen LogP contribution in [0.2, 0.25) is 0 Å². The van der Waals surface area contributed by atoms with Crippen LogP contribution >= 0.6 is 0 Å². The van der Waals surface area contributed by atoms with E-state index in [0.717, 1.165) is 19.0 Å². The molecule has 18 heavy (non-hydrogen) atoms. The molecule has 98 valence electrons. The van der Waals surface area contributed by atoms with Gasteiger partial charge in [0, 0.05) is 30.0 Å². The van der Waals surface area contributed by atoms with Gasteiger partial charge in [-0.3, -0.25) is 0 Å². The van der Waals surface area contributed by atoms with Crippen LogP contribution in [0.3, 0.4) is 0 Å². The van der Waals surface area contributed by atoms with E-state index >= 15 is 0 Å². The van der Waals surface area contributed by atoms with Gasteiger partial charge in [-0.1, -0.05) is 18.2 Å². The minimum atomic E-state index is 0.173. The summed E-state index contributed by atoms with van der Waals surface area (Å²) in [5.41, 5.74) is 1.40. The highest BCUT2D eigenvalue weighted by atomic mass is 16.5. The summed E-state index contributed by atoms with van der Waals surface area (Å²) in [7, 11) is 1.72. The quantitative estimate of drug-likeness (QED) is 0.815. The SMILES string of the molecule is COc1ccccc1CN1C=CN(C(C)(C)C)C1. The summed E-state index contributed by atoms with van der Waals surface area (Å²) < 4.78 is 5.39. The Kier molecular flexibility index (Phi) is 3.50. The molecule has 0 fully saturated rings. The molecule has 3 nitrogen and oxygen atoms in total. The lowest BCUT2D eigenvalue weighted by atomic mass is 10.1. The minimum absolute atomic E-state index is 0.173. The van der Waals surface area contributed by atoms with E-state index in [9.17, 15) is 0 Å². The monoisotopic (exact) mass is 246 g/mol. The molecule has 0 saturated carbocycles. The van der Waals surface area contributed by atoms with E-state index in [1.54, 1.807) is 7.11 Å². The largest absolute Gasteiger partial charge is 0.496 e. The minimum Gasteiger partial charge on any atom is -0.496 e. The maximum Gasteiger partial charge on any atom is 0.123 e. The number of methoxy groups -OCH3 is 1. The summed E-state index contributed by atoms with van der Waals surface area (Å²) in [6, 6.07) is 8.19. The fourth-order valence-corrected chi connectivity index (χ4v) is 2.06. The molecule has 0 radical (unpaired) electrons. The van der Waals surface area contributed by atoms with Gasteiger partial charge in [0.25, 0.3) is 0 Å². The Hall–Kier alpha value is -1.64. The number of para-hydroxylation sites is 1. The Labute approximate surface area is 110 Å². The van der Waals surface area contributed by atoms with Crippen molar-refractivity contribution in [3.63, 3.8) is 0 Å². The molecule has 1 heterocycles. The molecule has 0 unspecified atom stereocenters. The van der Waals surface area contributed by atoms with Crippen molar-refractivity contribution in [2.45, 2.75) is 32.9 Å². The van der Waals surface area contributed by atoms with E-state index < -0.39 is 0 Å². The average molecular weight is 246 g/mol. The van der Waals surface area contributed by atoms with E-state index in [2.05, 4.69) is 55.1 Å². The smallest absolute Gasteiger partial charge is 0.123 e. The molecule has 0 amide bonds. The number of hydrogen-bond acceptors (Lipinski definition) is 3. The number of rotatable bonds is 3. The van der Waals surface area contributed by atoms with E-state index in [-0.39, 0.29) is 5.54 Å². The zero-order valence-corrected chi connectivity index (χ0v) is 11.7. The lowest BCUT2D eigenvalue weighted by Gasteiger charge is -2.33. The van der Waals surface area contributed by atoms with Crippen molar-refractivity contribution in [2.75, 3.05) is 13.8 Å². The number of hydrogen-bond donors (Lipinski definition) is 0. The third-order valence-corrected chi connectivity index (χ3v) is 3.22. The number of nitrogens with zero attached hydrogens (tertiary/aromatic N) is 2. The van der Waals surface area contributed by atoms with Crippen LogP contribution in [-0.4, -0.2) is 29.1 Å². The fraction of sp³-hybridized carbons (Fsp3) is 0.467. The lowest BCUT2D eigenvalue weighted by molar-refractivity contribution is 0.158. The van der Waals surface area contributed by atoms with Gasteiger partial charge in [-0.05, 0) is 26.8 Å². The van der Waals surface area contributed by atoms with Crippen LogP contribution in [0.1, 0.15) is 26.3 Å². The van der Waals surface area contributed by atoms with Crippen molar-refractivity contribution in [1.82, 2.24) is 9.80 Å². The van der Waals surface area contributed by atoms with Crippen LogP contribution in [0.5, 0.6) is 5.75 Å². The molecule has 1 aliphatic heterocycles. The summed E-state index contributed by atoms with van der Waals surface area (Å²) in [5, 5.41) is 0. The zero-order chi connectivity index (χ0) is 13.2. The first-order valence-electron chi connectivity index (χ1n) is 6.32. The van der Waals surface area contributed by atoms with Gasteiger partial charge in [-0.2, -0.15) is 0 Å². The highest BCUT2D eigenvalue weighted by Crippen LogP contribution is 2.24. The normalized spacial score (nSPS) is 15.3. The van der Waals surface area contributed by atoms with Gasteiger partial charge in [0.15, 0.2) is 0 Å². The molecule has 0 N–H and O–H groups in total. The molecule has 0 aliphatic carbocycles. The van der Waals surface area contributed by atoms with Crippen LogP contribution in [0, 0.1) is 0 Å². The molecular formula is C15H22N2O. The lowest BCUT2D eigenvalue weighted by Crippen LogP contribution is -2.39. The van der Waals surface area contributed by atoms with Gasteiger partial charge in [0.2, 0.25) is 0 Å². The summed E-state index contributed by atoms with van der Waals surface area (Å²) >= 11 is 0. The summed E-state index contributed by atoms with van der Waals surface area (Å²) in [6.45, 7) is 8.49. The molecule has 1 aromatic rings. The molecule has 0 spiro atoms. The average Bonchev–Trinajstić information content (AvgIpc) is 2.78. The van der Waals surface area contributed by atoms with Gasteiger partial charge in [0.05, 0.1) is 13.8 Å². The van der Waals surface area contributed by atoms with Crippen molar-refractivity contribution in [3.05, 3.63) is 42.2 Å². The highest BCUT2D eigenvalue weighted by molar-refractivity contribution is 5.33.